The lowest BCUT2D eigenvalue weighted by Gasteiger charge is -2.10. The van der Waals surface area contributed by atoms with Crippen LogP contribution in [0.4, 0.5) is 0 Å². The first-order chi connectivity index (χ1) is 9.24. The van der Waals surface area contributed by atoms with Crippen LogP contribution < -0.4 is 4.74 Å². The van der Waals surface area contributed by atoms with Crippen molar-refractivity contribution in [3.63, 3.8) is 0 Å². The summed E-state index contributed by atoms with van der Waals surface area (Å²) < 4.78 is 7.83. The average molecular weight is 258 g/mol. The number of aliphatic hydroxyl groups excluding tert-OH is 1. The predicted octanol–water partition coefficient (Wildman–Crippen LogP) is 2.25. The summed E-state index contributed by atoms with van der Waals surface area (Å²) in [5.41, 5.74) is 2.27. The molecular formula is C15H18N2O2. The van der Waals surface area contributed by atoms with Crippen molar-refractivity contribution in [2.45, 2.75) is 32.4 Å². The highest BCUT2D eigenvalue weighted by molar-refractivity contribution is 5.39. The van der Waals surface area contributed by atoms with Crippen LogP contribution in [0.15, 0.2) is 30.6 Å². The molecule has 0 bridgehead atoms. The Kier molecular flexibility index (Phi) is 3.25. The van der Waals surface area contributed by atoms with Crippen molar-refractivity contribution in [2.24, 2.45) is 0 Å². The van der Waals surface area contributed by atoms with E-state index in [1.807, 2.05) is 31.3 Å². The lowest BCUT2D eigenvalue weighted by atomic mass is 10.1. The monoisotopic (exact) mass is 258 g/mol. The van der Waals surface area contributed by atoms with Gasteiger partial charge < -0.3 is 14.4 Å². The number of benzene rings is 1. The van der Waals surface area contributed by atoms with E-state index in [0.717, 1.165) is 36.5 Å². The van der Waals surface area contributed by atoms with Gasteiger partial charge in [-0.3, -0.25) is 0 Å². The highest BCUT2D eigenvalue weighted by Gasteiger charge is 2.20. The van der Waals surface area contributed by atoms with Crippen molar-refractivity contribution in [3.8, 4) is 5.75 Å². The molecule has 1 aliphatic rings. The van der Waals surface area contributed by atoms with E-state index in [1.165, 1.54) is 5.56 Å². The summed E-state index contributed by atoms with van der Waals surface area (Å²) in [5, 5.41) is 9.75. The van der Waals surface area contributed by atoms with Crippen molar-refractivity contribution < 1.29 is 9.84 Å². The first-order valence-corrected chi connectivity index (χ1v) is 6.65. The molecule has 0 unspecified atom stereocenters. The smallest absolute Gasteiger partial charge is 0.119 e. The van der Waals surface area contributed by atoms with E-state index in [1.54, 1.807) is 6.20 Å². The second-order valence-electron chi connectivity index (χ2n) is 4.93. The molecule has 0 saturated carbocycles. The number of nitrogens with zero attached hydrogens (tertiary/aromatic N) is 2. The average Bonchev–Trinajstić information content (AvgIpc) is 2.97. The van der Waals surface area contributed by atoms with Gasteiger partial charge in [0, 0.05) is 12.4 Å². The largest absolute Gasteiger partial charge is 0.492 e. The summed E-state index contributed by atoms with van der Waals surface area (Å²) in [5.74, 6) is 1.88. The number of rotatable bonds is 4. The van der Waals surface area contributed by atoms with E-state index in [-0.39, 0.29) is 6.10 Å². The third-order valence-electron chi connectivity index (χ3n) is 3.69. The normalized spacial score (nSPS) is 17.5. The number of aromatic nitrogens is 2. The lowest BCUT2D eigenvalue weighted by molar-refractivity contribution is 0.180. The van der Waals surface area contributed by atoms with Gasteiger partial charge in [-0.15, -0.1) is 0 Å². The zero-order valence-electron chi connectivity index (χ0n) is 11.0. The van der Waals surface area contributed by atoms with E-state index in [4.69, 9.17) is 4.74 Å². The number of imidazole rings is 1. The minimum atomic E-state index is -0.294. The summed E-state index contributed by atoms with van der Waals surface area (Å²) in [6.45, 7) is 3.40. The van der Waals surface area contributed by atoms with Gasteiger partial charge in [0.1, 0.15) is 18.2 Å². The molecule has 1 N–H and O–H groups in total. The van der Waals surface area contributed by atoms with Crippen LogP contribution in [-0.2, 0) is 13.0 Å². The minimum Gasteiger partial charge on any atom is -0.492 e. The molecule has 1 aromatic carbocycles. The summed E-state index contributed by atoms with van der Waals surface area (Å²) in [6.07, 6.45) is 5.23. The van der Waals surface area contributed by atoms with Gasteiger partial charge in [-0.2, -0.15) is 0 Å². The first kappa shape index (κ1) is 12.2. The summed E-state index contributed by atoms with van der Waals surface area (Å²) >= 11 is 0. The van der Waals surface area contributed by atoms with Crippen molar-refractivity contribution in [1.82, 2.24) is 9.55 Å². The van der Waals surface area contributed by atoms with Gasteiger partial charge in [0.05, 0.1) is 12.6 Å². The molecule has 3 rings (SSSR count). The molecular weight excluding hydrogens is 240 g/mol. The fourth-order valence-electron chi connectivity index (χ4n) is 2.56. The van der Waals surface area contributed by atoms with Crippen LogP contribution in [0.25, 0.3) is 0 Å². The molecule has 100 valence electrons. The molecule has 2 aromatic rings. The van der Waals surface area contributed by atoms with Crippen LogP contribution in [0.2, 0.25) is 0 Å². The maximum atomic E-state index is 9.75. The van der Waals surface area contributed by atoms with Gasteiger partial charge in [0.2, 0.25) is 0 Å². The van der Waals surface area contributed by atoms with Gasteiger partial charge in [-0.1, -0.05) is 6.07 Å². The highest BCUT2D eigenvalue weighted by atomic mass is 16.5. The van der Waals surface area contributed by atoms with Crippen LogP contribution >= 0.6 is 0 Å². The fraction of sp³-hybridized carbons (Fsp3) is 0.400. The Balaban J connectivity index is 1.60. The van der Waals surface area contributed by atoms with Crippen molar-refractivity contribution in [2.75, 3.05) is 6.61 Å². The highest BCUT2D eigenvalue weighted by Crippen LogP contribution is 2.33. The van der Waals surface area contributed by atoms with E-state index < -0.39 is 0 Å². The maximum Gasteiger partial charge on any atom is 0.119 e. The second-order valence-corrected chi connectivity index (χ2v) is 4.93. The van der Waals surface area contributed by atoms with Crippen LogP contribution in [0.5, 0.6) is 5.75 Å². The Morgan fingerprint density at radius 2 is 2.37 bits per heavy atom. The molecule has 0 aliphatic heterocycles. The summed E-state index contributed by atoms with van der Waals surface area (Å²) in [7, 11) is 0. The molecule has 0 spiro atoms. The summed E-state index contributed by atoms with van der Waals surface area (Å²) in [4.78, 5) is 4.18. The molecule has 1 aliphatic carbocycles. The molecule has 0 radical (unpaired) electrons. The minimum absolute atomic E-state index is 0.294. The molecule has 0 fully saturated rings. The third-order valence-corrected chi connectivity index (χ3v) is 3.69. The first-order valence-electron chi connectivity index (χ1n) is 6.65. The Morgan fingerprint density at radius 3 is 3.16 bits per heavy atom. The molecule has 0 saturated heterocycles. The lowest BCUT2D eigenvalue weighted by Crippen LogP contribution is -2.08. The van der Waals surface area contributed by atoms with Gasteiger partial charge in [0.25, 0.3) is 0 Å². The van der Waals surface area contributed by atoms with Crippen LogP contribution in [-0.4, -0.2) is 21.3 Å². The Bertz CT molecular complexity index is 577. The Morgan fingerprint density at radius 1 is 1.47 bits per heavy atom. The van der Waals surface area contributed by atoms with Crippen molar-refractivity contribution >= 4 is 0 Å². The zero-order chi connectivity index (χ0) is 13.2. The zero-order valence-corrected chi connectivity index (χ0v) is 11.0. The van der Waals surface area contributed by atoms with Gasteiger partial charge >= 0.3 is 0 Å². The number of aryl methyl sites for hydroxylation is 2. The number of hydrogen-bond acceptors (Lipinski definition) is 3. The SMILES string of the molecule is Cc1nccn1CCOc1ccc2c(c1)CC[C@@H]2O. The van der Waals surface area contributed by atoms with Crippen LogP contribution in [0.1, 0.15) is 29.5 Å². The van der Waals surface area contributed by atoms with E-state index >= 15 is 0 Å². The van der Waals surface area contributed by atoms with E-state index in [2.05, 4.69) is 9.55 Å². The number of aliphatic hydroxyl groups is 1. The van der Waals surface area contributed by atoms with Crippen LogP contribution in [0.3, 0.4) is 0 Å². The molecule has 1 aromatic heterocycles. The van der Waals surface area contributed by atoms with Gasteiger partial charge in [0.15, 0.2) is 0 Å². The quantitative estimate of drug-likeness (QED) is 0.915. The molecule has 19 heavy (non-hydrogen) atoms. The predicted molar refractivity (Wildman–Crippen MR) is 72.2 cm³/mol. The Labute approximate surface area is 112 Å². The van der Waals surface area contributed by atoms with Crippen molar-refractivity contribution in [1.29, 1.82) is 0 Å². The third kappa shape index (κ3) is 2.49. The van der Waals surface area contributed by atoms with Crippen LogP contribution in [0, 0.1) is 6.92 Å². The Hall–Kier alpha value is -1.81. The molecule has 4 nitrogen and oxygen atoms in total. The second kappa shape index (κ2) is 5.05. The molecule has 0 amide bonds. The van der Waals surface area contributed by atoms with Crippen molar-refractivity contribution in [3.05, 3.63) is 47.5 Å². The van der Waals surface area contributed by atoms with Gasteiger partial charge in [-0.05, 0) is 43.0 Å². The number of hydrogen-bond donors (Lipinski definition) is 1. The van der Waals surface area contributed by atoms with E-state index in [9.17, 15) is 5.11 Å². The standard InChI is InChI=1S/C15H18N2O2/c1-11-16-6-7-17(11)8-9-19-13-3-4-14-12(10-13)2-5-15(14)18/h3-4,6-7,10,15,18H,2,5,8-9H2,1H3/t15-/m0/s1. The molecule has 4 heteroatoms. The number of fused-ring (bicyclic) bond motifs is 1. The fourth-order valence-corrected chi connectivity index (χ4v) is 2.56. The summed E-state index contributed by atoms with van der Waals surface area (Å²) in [6, 6.07) is 5.96. The van der Waals surface area contributed by atoms with Gasteiger partial charge in [-0.25, -0.2) is 4.98 Å². The van der Waals surface area contributed by atoms with E-state index in [0.29, 0.717) is 6.61 Å². The molecule has 1 heterocycles. The maximum absolute atomic E-state index is 9.75. The molecule has 1 atom stereocenters. The number of ether oxygens (including phenoxy) is 1. The topological polar surface area (TPSA) is 47.3 Å².